The van der Waals surface area contributed by atoms with Crippen molar-refractivity contribution in [2.24, 2.45) is 0 Å². The van der Waals surface area contributed by atoms with Gasteiger partial charge in [0.2, 0.25) is 0 Å². The van der Waals surface area contributed by atoms with Crippen molar-refractivity contribution >= 4 is 26.7 Å². The van der Waals surface area contributed by atoms with Crippen LogP contribution in [-0.2, 0) is 14.8 Å². The highest BCUT2D eigenvalue weighted by atomic mass is 32.2. The van der Waals surface area contributed by atoms with Gasteiger partial charge in [0.1, 0.15) is 5.75 Å². The molecule has 0 spiro atoms. The van der Waals surface area contributed by atoms with Gasteiger partial charge in [-0.3, -0.25) is 10.2 Å². The molecule has 0 heterocycles. The molecular weight excluding hydrogens is 376 g/mol. The molecule has 7 heteroatoms. The zero-order chi connectivity index (χ0) is 20.3. The third-order valence-electron chi connectivity index (χ3n) is 4.33. The molecule has 6 nitrogen and oxygen atoms in total. The van der Waals surface area contributed by atoms with E-state index in [1.165, 1.54) is 6.07 Å². The van der Waals surface area contributed by atoms with Crippen LogP contribution < -0.4 is 15.0 Å². The standard InChI is InChI=1S/C21H22N2O4S/c1-14-8-11-20(15(2)12-14)28(25,26)23-22-21(24)16(3)27-19-10-9-17-6-4-5-7-18(17)13-19/h4-13,16,23H,1-3H3,(H,22,24)/t16-/m0/s1. The number of hydrogen-bond donors (Lipinski definition) is 2. The molecule has 0 radical (unpaired) electrons. The molecule has 0 aliphatic heterocycles. The first-order valence-corrected chi connectivity index (χ1v) is 10.3. The highest BCUT2D eigenvalue weighted by Gasteiger charge is 2.20. The van der Waals surface area contributed by atoms with Gasteiger partial charge in [-0.25, -0.2) is 8.42 Å². The van der Waals surface area contributed by atoms with Crippen molar-refractivity contribution in [3.8, 4) is 5.75 Å². The van der Waals surface area contributed by atoms with Crippen LogP contribution in [0.5, 0.6) is 5.75 Å². The predicted octanol–water partition coefficient (Wildman–Crippen LogP) is 3.23. The molecule has 0 aromatic heterocycles. The molecule has 0 aliphatic carbocycles. The predicted molar refractivity (Wildman–Crippen MR) is 108 cm³/mol. The average molecular weight is 398 g/mol. The summed E-state index contributed by atoms with van der Waals surface area (Å²) in [5, 5.41) is 2.05. The number of aryl methyl sites for hydroxylation is 2. The Hall–Kier alpha value is -2.90. The number of fused-ring (bicyclic) bond motifs is 1. The number of hydrazine groups is 1. The van der Waals surface area contributed by atoms with Gasteiger partial charge in [-0.2, -0.15) is 0 Å². The lowest BCUT2D eigenvalue weighted by molar-refractivity contribution is -0.127. The van der Waals surface area contributed by atoms with E-state index >= 15 is 0 Å². The summed E-state index contributed by atoms with van der Waals surface area (Å²) in [4.78, 5) is 14.5. The van der Waals surface area contributed by atoms with Crippen LogP contribution in [0.25, 0.3) is 10.8 Å². The molecule has 1 amide bonds. The van der Waals surface area contributed by atoms with E-state index in [2.05, 4.69) is 10.3 Å². The van der Waals surface area contributed by atoms with E-state index in [4.69, 9.17) is 4.74 Å². The highest BCUT2D eigenvalue weighted by molar-refractivity contribution is 7.89. The maximum atomic E-state index is 12.4. The maximum Gasteiger partial charge on any atom is 0.275 e. The van der Waals surface area contributed by atoms with E-state index in [1.54, 1.807) is 32.0 Å². The highest BCUT2D eigenvalue weighted by Crippen LogP contribution is 2.21. The van der Waals surface area contributed by atoms with Crippen LogP contribution in [0.3, 0.4) is 0 Å². The SMILES string of the molecule is Cc1ccc(S(=O)(=O)NNC(=O)[C@H](C)Oc2ccc3ccccc3c2)c(C)c1. The summed E-state index contributed by atoms with van der Waals surface area (Å²) in [6.07, 6.45) is -0.886. The van der Waals surface area contributed by atoms with Crippen LogP contribution in [0.1, 0.15) is 18.1 Å². The molecule has 0 fully saturated rings. The molecule has 0 aliphatic rings. The zero-order valence-electron chi connectivity index (χ0n) is 15.9. The van der Waals surface area contributed by atoms with Crippen molar-refractivity contribution in [1.29, 1.82) is 0 Å². The molecule has 3 rings (SSSR count). The molecule has 0 saturated heterocycles. The molecule has 2 N–H and O–H groups in total. The van der Waals surface area contributed by atoms with Crippen LogP contribution in [0, 0.1) is 13.8 Å². The molecular formula is C21H22N2O4S. The number of amides is 1. The Bertz CT molecular complexity index is 1130. The smallest absolute Gasteiger partial charge is 0.275 e. The summed E-state index contributed by atoms with van der Waals surface area (Å²) in [5.74, 6) is -0.0694. The number of sulfonamides is 1. The summed E-state index contributed by atoms with van der Waals surface area (Å²) < 4.78 is 30.5. The lowest BCUT2D eigenvalue weighted by Gasteiger charge is -2.16. The first kappa shape index (κ1) is 19.9. The van der Waals surface area contributed by atoms with E-state index in [0.29, 0.717) is 11.3 Å². The van der Waals surface area contributed by atoms with Crippen LogP contribution >= 0.6 is 0 Å². The Labute approximate surface area is 164 Å². The third-order valence-corrected chi connectivity index (χ3v) is 5.74. The van der Waals surface area contributed by atoms with Gasteiger partial charge in [0.05, 0.1) is 4.90 Å². The van der Waals surface area contributed by atoms with E-state index in [0.717, 1.165) is 16.3 Å². The van der Waals surface area contributed by atoms with Crippen molar-refractivity contribution in [1.82, 2.24) is 10.3 Å². The van der Waals surface area contributed by atoms with Gasteiger partial charge in [0, 0.05) is 0 Å². The van der Waals surface area contributed by atoms with Crippen molar-refractivity contribution in [2.75, 3.05) is 0 Å². The molecule has 0 bridgehead atoms. The number of carbonyl (C=O) groups excluding carboxylic acids is 1. The fraction of sp³-hybridized carbons (Fsp3) is 0.190. The number of carbonyl (C=O) groups is 1. The van der Waals surface area contributed by atoms with Crippen LogP contribution in [0.15, 0.2) is 65.6 Å². The van der Waals surface area contributed by atoms with E-state index in [9.17, 15) is 13.2 Å². The molecule has 0 unspecified atom stereocenters. The summed E-state index contributed by atoms with van der Waals surface area (Å²) in [6.45, 7) is 5.13. The second kappa shape index (κ2) is 8.00. The average Bonchev–Trinajstić information content (AvgIpc) is 2.65. The Morgan fingerprint density at radius 3 is 2.39 bits per heavy atom. The van der Waals surface area contributed by atoms with Crippen molar-refractivity contribution in [3.63, 3.8) is 0 Å². The second-order valence-corrected chi connectivity index (χ2v) is 8.28. The van der Waals surface area contributed by atoms with Crippen LogP contribution in [0.2, 0.25) is 0 Å². The maximum absolute atomic E-state index is 12.4. The van der Waals surface area contributed by atoms with Crippen molar-refractivity contribution < 1.29 is 17.9 Å². The van der Waals surface area contributed by atoms with Gasteiger partial charge in [0.15, 0.2) is 6.10 Å². The lowest BCUT2D eigenvalue weighted by Crippen LogP contribution is -2.47. The van der Waals surface area contributed by atoms with Gasteiger partial charge in [-0.05, 0) is 55.3 Å². The largest absolute Gasteiger partial charge is 0.481 e. The third kappa shape index (κ3) is 4.49. The van der Waals surface area contributed by atoms with Crippen molar-refractivity contribution in [2.45, 2.75) is 31.8 Å². The van der Waals surface area contributed by atoms with E-state index in [-0.39, 0.29) is 4.90 Å². The van der Waals surface area contributed by atoms with Crippen LogP contribution in [0.4, 0.5) is 0 Å². The monoisotopic (exact) mass is 398 g/mol. The molecule has 146 valence electrons. The number of rotatable bonds is 6. The molecule has 3 aromatic rings. The topological polar surface area (TPSA) is 84.5 Å². The number of benzene rings is 3. The van der Waals surface area contributed by atoms with Gasteiger partial charge in [0.25, 0.3) is 15.9 Å². The zero-order valence-corrected chi connectivity index (χ0v) is 16.7. The first-order valence-electron chi connectivity index (χ1n) is 8.80. The molecule has 3 aromatic carbocycles. The Kier molecular flexibility index (Phi) is 5.67. The Morgan fingerprint density at radius 1 is 0.964 bits per heavy atom. The summed E-state index contributed by atoms with van der Waals surface area (Å²) in [6, 6.07) is 18.3. The van der Waals surface area contributed by atoms with E-state index < -0.39 is 22.0 Å². The number of hydrogen-bond acceptors (Lipinski definition) is 4. The number of ether oxygens (including phenoxy) is 1. The molecule has 28 heavy (non-hydrogen) atoms. The van der Waals surface area contributed by atoms with E-state index in [1.807, 2.05) is 43.3 Å². The summed E-state index contributed by atoms with van der Waals surface area (Å²) in [7, 11) is -3.88. The van der Waals surface area contributed by atoms with Gasteiger partial charge in [-0.1, -0.05) is 48.0 Å². The Morgan fingerprint density at radius 2 is 1.68 bits per heavy atom. The van der Waals surface area contributed by atoms with Gasteiger partial charge in [-0.15, -0.1) is 4.83 Å². The van der Waals surface area contributed by atoms with Crippen molar-refractivity contribution in [3.05, 3.63) is 71.8 Å². The fourth-order valence-electron chi connectivity index (χ4n) is 2.87. The molecule has 0 saturated carbocycles. The minimum atomic E-state index is -3.88. The number of nitrogens with one attached hydrogen (secondary N) is 2. The first-order chi connectivity index (χ1) is 13.3. The molecule has 1 atom stereocenters. The van der Waals surface area contributed by atoms with Gasteiger partial charge < -0.3 is 4.74 Å². The summed E-state index contributed by atoms with van der Waals surface area (Å²) >= 11 is 0. The van der Waals surface area contributed by atoms with Gasteiger partial charge >= 0.3 is 0 Å². The summed E-state index contributed by atoms with van der Waals surface area (Å²) in [5.41, 5.74) is 3.77. The Balaban J connectivity index is 1.64. The minimum Gasteiger partial charge on any atom is -0.481 e. The second-order valence-electron chi connectivity index (χ2n) is 6.63. The van der Waals surface area contributed by atoms with Crippen LogP contribution in [-0.4, -0.2) is 20.4 Å². The quantitative estimate of drug-likeness (QED) is 0.625. The fourth-order valence-corrected chi connectivity index (χ4v) is 3.95. The lowest BCUT2D eigenvalue weighted by atomic mass is 10.1. The minimum absolute atomic E-state index is 0.113. The normalized spacial score (nSPS) is 12.5.